The second-order valence-corrected chi connectivity index (χ2v) is 11.1. The molecule has 41 heavy (non-hydrogen) atoms. The average molecular weight is 606 g/mol. The molecular weight excluding hydrogens is 582 g/mol. The fourth-order valence-corrected chi connectivity index (χ4v) is 5.39. The average Bonchev–Trinajstić information content (AvgIpc) is 3.33. The number of oxime groups is 1. The van der Waals surface area contributed by atoms with Crippen molar-refractivity contribution in [1.29, 1.82) is 0 Å². The lowest BCUT2D eigenvalue weighted by atomic mass is 10.0. The van der Waals surface area contributed by atoms with E-state index in [1.54, 1.807) is 0 Å². The van der Waals surface area contributed by atoms with Gasteiger partial charge in [0.1, 0.15) is 17.1 Å². The highest BCUT2D eigenvalue weighted by atomic mass is 32.2. The number of carboxylic acids is 1. The van der Waals surface area contributed by atoms with Gasteiger partial charge in [0.05, 0.1) is 0 Å². The van der Waals surface area contributed by atoms with E-state index < -0.39 is 46.7 Å². The van der Waals surface area contributed by atoms with Crippen LogP contribution in [-0.2, 0) is 24.0 Å². The fraction of sp³-hybridized carbons (Fsp3) is 0.250. The van der Waals surface area contributed by atoms with Crippen LogP contribution in [-0.4, -0.2) is 82.7 Å². The third-order valence-electron chi connectivity index (χ3n) is 5.75. The van der Waals surface area contributed by atoms with Gasteiger partial charge in [0.15, 0.2) is 22.3 Å². The van der Waals surface area contributed by atoms with Crippen LogP contribution in [0.25, 0.3) is 6.08 Å². The Balaban J connectivity index is 1.56. The highest BCUT2D eigenvalue weighted by molar-refractivity contribution is 8.00. The number of hydrogen-bond donors (Lipinski definition) is 6. The van der Waals surface area contributed by atoms with Crippen LogP contribution in [0.2, 0.25) is 0 Å². The van der Waals surface area contributed by atoms with E-state index in [2.05, 4.69) is 15.5 Å². The third kappa shape index (κ3) is 6.20. The van der Waals surface area contributed by atoms with Crippen LogP contribution in [0.1, 0.15) is 25.1 Å². The lowest BCUT2D eigenvalue weighted by Gasteiger charge is -2.48. The molecule has 1 aromatic carbocycles. The molecule has 2 aliphatic heterocycles. The molecule has 17 heteroatoms. The second kappa shape index (κ2) is 11.4. The highest BCUT2D eigenvalue weighted by Crippen LogP contribution is 2.41. The quantitative estimate of drug-likeness (QED) is 0.0786. The lowest BCUT2D eigenvalue weighted by Crippen LogP contribution is -2.70. The summed E-state index contributed by atoms with van der Waals surface area (Å²) < 4.78 is 4.92. The Bertz CT molecular complexity index is 1520. The maximum Gasteiger partial charge on any atom is 0.512 e. The molecule has 0 radical (unpaired) electrons. The zero-order valence-corrected chi connectivity index (χ0v) is 22.9. The summed E-state index contributed by atoms with van der Waals surface area (Å²) in [4.78, 5) is 59.3. The van der Waals surface area contributed by atoms with Crippen molar-refractivity contribution < 1.29 is 49.2 Å². The number of β-lactam (4-membered cyclic amide) rings is 1. The predicted octanol–water partition coefficient (Wildman–Crippen LogP) is 1.74. The summed E-state index contributed by atoms with van der Waals surface area (Å²) in [5.74, 6) is -3.64. The van der Waals surface area contributed by atoms with Gasteiger partial charge in [-0.25, -0.2) is 14.6 Å². The van der Waals surface area contributed by atoms with Gasteiger partial charge >= 0.3 is 12.1 Å². The monoisotopic (exact) mass is 605 g/mol. The van der Waals surface area contributed by atoms with E-state index in [4.69, 9.17) is 15.3 Å². The summed E-state index contributed by atoms with van der Waals surface area (Å²) in [6.45, 7) is 2.45. The van der Waals surface area contributed by atoms with E-state index >= 15 is 0 Å². The first-order valence-electron chi connectivity index (χ1n) is 11.6. The summed E-state index contributed by atoms with van der Waals surface area (Å²) in [5, 5.41) is 44.7. The first kappa shape index (κ1) is 29.2. The van der Waals surface area contributed by atoms with Crippen LogP contribution in [0.5, 0.6) is 11.5 Å². The highest BCUT2D eigenvalue weighted by Gasteiger charge is 2.54. The number of nitrogens with two attached hydrogens (primary N) is 1. The Hall–Kier alpha value is -4.77. The van der Waals surface area contributed by atoms with E-state index in [0.29, 0.717) is 11.1 Å². The number of fused-ring (bicyclic) bond motifs is 1. The Labute approximate surface area is 239 Å². The van der Waals surface area contributed by atoms with Gasteiger partial charge in [-0.15, -0.1) is 23.1 Å². The molecule has 216 valence electrons. The van der Waals surface area contributed by atoms with Crippen molar-refractivity contribution in [3.05, 3.63) is 52.4 Å². The van der Waals surface area contributed by atoms with Crippen molar-refractivity contribution >= 4 is 64.0 Å². The number of carbonyl (C=O) groups is 4. The van der Waals surface area contributed by atoms with Crippen molar-refractivity contribution in [2.24, 2.45) is 5.16 Å². The van der Waals surface area contributed by atoms with E-state index in [0.717, 1.165) is 16.2 Å². The number of aliphatic carboxylic acids is 1. The summed E-state index contributed by atoms with van der Waals surface area (Å²) in [5.41, 5.74) is 4.27. The molecule has 2 atom stereocenters. The number of phenols is 2. The number of nitrogen functional groups attached to an aromatic ring is 1. The van der Waals surface area contributed by atoms with E-state index in [-0.39, 0.29) is 34.0 Å². The van der Waals surface area contributed by atoms with Crippen molar-refractivity contribution in [2.45, 2.75) is 30.9 Å². The van der Waals surface area contributed by atoms with E-state index in [9.17, 15) is 39.6 Å². The van der Waals surface area contributed by atoms with E-state index in [1.807, 2.05) is 0 Å². The molecule has 3 heterocycles. The maximum atomic E-state index is 13.2. The summed E-state index contributed by atoms with van der Waals surface area (Å²) in [7, 11) is 0. The molecule has 0 aliphatic carbocycles. The minimum atomic E-state index is -1.79. The topological polar surface area (TPSA) is 234 Å². The second-order valence-electron chi connectivity index (χ2n) is 9.06. The molecule has 0 saturated carbocycles. The summed E-state index contributed by atoms with van der Waals surface area (Å²) in [6.07, 6.45) is 1.38. The van der Waals surface area contributed by atoms with Crippen molar-refractivity contribution in [3.63, 3.8) is 0 Å². The Morgan fingerprint density at radius 1 is 1.22 bits per heavy atom. The number of rotatable bonds is 9. The Morgan fingerprint density at radius 2 is 1.95 bits per heavy atom. The summed E-state index contributed by atoms with van der Waals surface area (Å²) in [6, 6.07) is 2.97. The normalized spacial score (nSPS) is 19.0. The molecule has 0 bridgehead atoms. The first-order valence-corrected chi connectivity index (χ1v) is 13.5. The number of phenolic OH excluding ortho intramolecular Hbond substituents is 2. The van der Waals surface area contributed by atoms with Crippen LogP contribution in [0.4, 0.5) is 9.93 Å². The first-order chi connectivity index (χ1) is 19.3. The fourth-order valence-electron chi connectivity index (χ4n) is 3.54. The maximum absolute atomic E-state index is 13.2. The number of amides is 2. The molecule has 15 nitrogen and oxygen atoms in total. The number of nitrogens with one attached hydrogen (secondary N) is 1. The minimum absolute atomic E-state index is 0.00593. The molecular formula is C24H23N5O10S2. The third-order valence-corrected chi connectivity index (χ3v) is 7.73. The number of hydrogen-bond acceptors (Lipinski definition) is 13. The zero-order valence-electron chi connectivity index (χ0n) is 21.3. The number of carboxylic acid groups (broad SMARTS) is 2. The SMILES string of the molecule is CC(C)(O/N=C(\C(=O)N[C@@H]1C(=O)N2C(OC(=O)O)=C(C=Cc3ccc(O)c(O)c3)CS[C@H]12)c1csc(N)n1)C(=O)O. The number of nitrogens with zero attached hydrogens (tertiary/aromatic N) is 3. The number of thiazole rings is 1. The number of carbonyl (C=O) groups excluding carboxylic acids is 2. The number of allylic oxidation sites excluding steroid dienone is 1. The Morgan fingerprint density at radius 3 is 2.56 bits per heavy atom. The van der Waals surface area contributed by atoms with Gasteiger partial charge in [0.2, 0.25) is 11.5 Å². The molecule has 2 aromatic rings. The molecule has 1 aromatic heterocycles. The smallest absolute Gasteiger partial charge is 0.504 e. The molecule has 1 saturated heterocycles. The molecule has 0 unspecified atom stereocenters. The number of aromatic hydroxyl groups is 2. The Kier molecular flexibility index (Phi) is 8.11. The molecule has 2 aliphatic rings. The van der Waals surface area contributed by atoms with E-state index in [1.165, 1.54) is 61.3 Å². The molecule has 0 spiro atoms. The number of ether oxygens (including phenoxy) is 1. The molecule has 1 fully saturated rings. The van der Waals surface area contributed by atoms with Crippen molar-refractivity contribution in [2.75, 3.05) is 11.5 Å². The van der Waals surface area contributed by atoms with Crippen LogP contribution >= 0.6 is 23.1 Å². The van der Waals surface area contributed by atoms with Gasteiger partial charge in [-0.3, -0.25) is 14.5 Å². The van der Waals surface area contributed by atoms with Gasteiger partial charge in [-0.05, 0) is 31.5 Å². The van der Waals surface area contributed by atoms with Crippen LogP contribution in [0.3, 0.4) is 0 Å². The summed E-state index contributed by atoms with van der Waals surface area (Å²) >= 11 is 2.22. The minimum Gasteiger partial charge on any atom is -0.504 e. The van der Waals surface area contributed by atoms with Gasteiger partial charge in [-0.1, -0.05) is 23.4 Å². The number of thioether (sulfide) groups is 1. The lowest BCUT2D eigenvalue weighted by molar-refractivity contribution is -0.161. The number of aromatic nitrogens is 1. The van der Waals surface area contributed by atoms with Crippen LogP contribution in [0, 0.1) is 0 Å². The number of anilines is 1. The van der Waals surface area contributed by atoms with Gasteiger partial charge in [0.25, 0.3) is 11.8 Å². The van der Waals surface area contributed by atoms with Gasteiger partial charge < -0.3 is 41.1 Å². The predicted molar refractivity (Wildman–Crippen MR) is 146 cm³/mol. The molecule has 2 amide bonds. The molecule has 7 N–H and O–H groups in total. The number of benzene rings is 1. The standard InChI is InChI=1S/C24H23N5O10S2/c1-24(2,21(34)35)39-28-15(12-9-41-22(25)26-12)17(32)27-16-18(33)29-19(38-23(36)37)11(8-40-20(16)29)5-3-10-4-6-13(30)14(31)7-10/h3-7,9,16,20,30-31H,8H2,1-2H3,(H2,25,26)(H,27,32)(H,34,35)(H,36,37)/b5-3?,28-15-/t16-,20-/m1/s1. The van der Waals surface area contributed by atoms with Gasteiger partial charge in [-0.2, -0.15) is 0 Å². The van der Waals surface area contributed by atoms with Crippen LogP contribution in [0.15, 0.2) is 46.3 Å². The van der Waals surface area contributed by atoms with Crippen molar-refractivity contribution in [1.82, 2.24) is 15.2 Å². The van der Waals surface area contributed by atoms with Crippen LogP contribution < -0.4 is 11.1 Å². The van der Waals surface area contributed by atoms with Crippen molar-refractivity contribution in [3.8, 4) is 11.5 Å². The molecule has 4 rings (SSSR count). The largest absolute Gasteiger partial charge is 0.512 e. The van der Waals surface area contributed by atoms with Gasteiger partial charge in [0, 0.05) is 16.7 Å². The zero-order chi connectivity index (χ0) is 30.1.